The third-order valence-corrected chi connectivity index (χ3v) is 4.04. The van der Waals surface area contributed by atoms with E-state index in [1.165, 1.54) is 23.9 Å². The van der Waals surface area contributed by atoms with E-state index in [1.54, 1.807) is 5.32 Å². The van der Waals surface area contributed by atoms with Gasteiger partial charge in [-0.15, -0.1) is 0 Å². The van der Waals surface area contributed by atoms with Gasteiger partial charge >= 0.3 is 12.1 Å². The standard InChI is InChI=1S/C14H15F3N4O5/c1-5-6(20-13(25)14(15,16)17)2-7-11(19-5)21(4-18-7)12-10(24)9(23)8(3-22)26-12/h2,4,8-10,12,22-24H,3H2,1H3,(H,20,25)/t8-,9-,10-,12-/m1/s1. The summed E-state index contributed by atoms with van der Waals surface area (Å²) in [5, 5.41) is 30.8. The van der Waals surface area contributed by atoms with Gasteiger partial charge in [0, 0.05) is 0 Å². The van der Waals surface area contributed by atoms with E-state index in [0.29, 0.717) is 0 Å². The lowest BCUT2D eigenvalue weighted by atomic mass is 10.1. The Kier molecular flexibility index (Phi) is 4.60. The predicted octanol–water partition coefficient (Wildman–Crippen LogP) is -0.148. The fraction of sp³-hybridized carbons (Fsp3) is 0.500. The number of hydrogen-bond donors (Lipinski definition) is 4. The van der Waals surface area contributed by atoms with Gasteiger partial charge < -0.3 is 25.4 Å². The van der Waals surface area contributed by atoms with Crippen LogP contribution in [0.25, 0.3) is 11.2 Å². The summed E-state index contributed by atoms with van der Waals surface area (Å²) < 4.78 is 43.9. The molecule has 0 bridgehead atoms. The molecule has 1 fully saturated rings. The average molecular weight is 376 g/mol. The molecule has 0 aliphatic carbocycles. The number of carbonyl (C=O) groups excluding carboxylic acids is 1. The molecule has 0 aromatic carbocycles. The molecular weight excluding hydrogens is 361 g/mol. The second-order valence-corrected chi connectivity index (χ2v) is 5.80. The highest BCUT2D eigenvalue weighted by Gasteiger charge is 2.44. The van der Waals surface area contributed by atoms with Crippen LogP contribution in [0, 0.1) is 6.92 Å². The fourth-order valence-electron chi connectivity index (χ4n) is 2.66. The number of halogens is 3. The van der Waals surface area contributed by atoms with Gasteiger partial charge in [-0.2, -0.15) is 13.2 Å². The van der Waals surface area contributed by atoms with Gasteiger partial charge in [0.15, 0.2) is 11.9 Å². The highest BCUT2D eigenvalue weighted by molar-refractivity contribution is 5.96. The second-order valence-electron chi connectivity index (χ2n) is 5.80. The summed E-state index contributed by atoms with van der Waals surface area (Å²) in [5.74, 6) is -2.13. The Morgan fingerprint density at radius 3 is 2.65 bits per heavy atom. The number of aromatic nitrogens is 3. The molecule has 9 nitrogen and oxygen atoms in total. The lowest BCUT2D eigenvalue weighted by Gasteiger charge is -2.17. The Morgan fingerprint density at radius 2 is 2.08 bits per heavy atom. The van der Waals surface area contributed by atoms with Gasteiger partial charge in [0.25, 0.3) is 0 Å². The Bertz CT molecular complexity index is 840. The Balaban J connectivity index is 1.94. The number of amides is 1. The molecule has 4 atom stereocenters. The van der Waals surface area contributed by atoms with Crippen LogP contribution in [-0.2, 0) is 9.53 Å². The van der Waals surface area contributed by atoms with E-state index >= 15 is 0 Å². The number of ether oxygens (including phenoxy) is 1. The zero-order chi connectivity index (χ0) is 19.2. The van der Waals surface area contributed by atoms with Gasteiger partial charge in [0.2, 0.25) is 0 Å². The summed E-state index contributed by atoms with van der Waals surface area (Å²) in [6.07, 6.45) is -8.59. The molecule has 1 saturated heterocycles. The lowest BCUT2D eigenvalue weighted by molar-refractivity contribution is -0.167. The van der Waals surface area contributed by atoms with Crippen molar-refractivity contribution >= 4 is 22.8 Å². The second kappa shape index (κ2) is 6.46. The summed E-state index contributed by atoms with van der Waals surface area (Å²) in [7, 11) is 0. The normalized spacial score (nSPS) is 26.4. The summed E-state index contributed by atoms with van der Waals surface area (Å²) in [6, 6.07) is 1.21. The molecule has 0 saturated carbocycles. The number of aliphatic hydroxyl groups is 3. The Morgan fingerprint density at radius 1 is 1.38 bits per heavy atom. The molecule has 0 spiro atoms. The van der Waals surface area contributed by atoms with E-state index in [4.69, 9.17) is 9.84 Å². The molecule has 3 rings (SSSR count). The molecule has 1 amide bonds. The van der Waals surface area contributed by atoms with Crippen LogP contribution in [0.2, 0.25) is 0 Å². The highest BCUT2D eigenvalue weighted by atomic mass is 19.4. The minimum atomic E-state index is -5.04. The minimum Gasteiger partial charge on any atom is -0.394 e. The number of rotatable bonds is 3. The van der Waals surface area contributed by atoms with E-state index in [-0.39, 0.29) is 22.5 Å². The third-order valence-electron chi connectivity index (χ3n) is 4.04. The summed E-state index contributed by atoms with van der Waals surface area (Å²) in [4.78, 5) is 19.2. The molecule has 1 aliphatic heterocycles. The van der Waals surface area contributed by atoms with Crippen molar-refractivity contribution in [3.63, 3.8) is 0 Å². The number of nitrogens with zero attached hydrogens (tertiary/aromatic N) is 3. The summed E-state index contributed by atoms with van der Waals surface area (Å²) in [5.41, 5.74) is 0.239. The molecule has 142 valence electrons. The molecule has 3 heterocycles. The monoisotopic (exact) mass is 376 g/mol. The molecule has 0 unspecified atom stereocenters. The number of hydrogen-bond acceptors (Lipinski definition) is 7. The molecule has 2 aromatic rings. The van der Waals surface area contributed by atoms with Crippen LogP contribution in [0.4, 0.5) is 18.9 Å². The van der Waals surface area contributed by atoms with Crippen LogP contribution in [0.5, 0.6) is 0 Å². The van der Waals surface area contributed by atoms with Crippen molar-refractivity contribution in [1.29, 1.82) is 0 Å². The van der Waals surface area contributed by atoms with Crippen LogP contribution < -0.4 is 5.32 Å². The van der Waals surface area contributed by atoms with Crippen LogP contribution in [-0.4, -0.2) is 66.9 Å². The number of pyridine rings is 1. The third kappa shape index (κ3) is 3.11. The number of anilines is 1. The topological polar surface area (TPSA) is 130 Å². The zero-order valence-electron chi connectivity index (χ0n) is 13.3. The molecule has 4 N–H and O–H groups in total. The molecule has 2 aromatic heterocycles. The maximum absolute atomic E-state index is 12.4. The first-order valence-corrected chi connectivity index (χ1v) is 7.48. The van der Waals surface area contributed by atoms with E-state index in [2.05, 4.69) is 9.97 Å². The van der Waals surface area contributed by atoms with Crippen molar-refractivity contribution in [3.05, 3.63) is 18.1 Å². The van der Waals surface area contributed by atoms with Gasteiger partial charge in [-0.3, -0.25) is 9.36 Å². The lowest BCUT2D eigenvalue weighted by Crippen LogP contribution is -2.33. The van der Waals surface area contributed by atoms with Crippen molar-refractivity contribution < 1.29 is 38.0 Å². The summed E-state index contributed by atoms with van der Waals surface area (Å²) >= 11 is 0. The van der Waals surface area contributed by atoms with Crippen LogP contribution in [0.3, 0.4) is 0 Å². The minimum absolute atomic E-state index is 0.0867. The molecular formula is C14H15F3N4O5. The van der Waals surface area contributed by atoms with Gasteiger partial charge in [0.05, 0.1) is 24.3 Å². The molecule has 0 radical (unpaired) electrons. The molecule has 12 heteroatoms. The van der Waals surface area contributed by atoms with Crippen LogP contribution >= 0.6 is 0 Å². The van der Waals surface area contributed by atoms with E-state index in [1.807, 2.05) is 0 Å². The van der Waals surface area contributed by atoms with Gasteiger partial charge in [-0.1, -0.05) is 0 Å². The van der Waals surface area contributed by atoms with Crippen molar-refractivity contribution in [3.8, 4) is 0 Å². The maximum Gasteiger partial charge on any atom is 0.471 e. The van der Waals surface area contributed by atoms with Crippen molar-refractivity contribution in [2.45, 2.75) is 37.6 Å². The van der Waals surface area contributed by atoms with E-state index in [9.17, 15) is 28.2 Å². The number of carbonyl (C=O) groups is 1. The number of nitrogens with one attached hydrogen (secondary N) is 1. The number of alkyl halides is 3. The van der Waals surface area contributed by atoms with Gasteiger partial charge in [-0.25, -0.2) is 9.97 Å². The molecule has 1 aliphatic rings. The zero-order valence-corrected chi connectivity index (χ0v) is 13.3. The number of aryl methyl sites for hydroxylation is 1. The largest absolute Gasteiger partial charge is 0.471 e. The number of imidazole rings is 1. The van der Waals surface area contributed by atoms with Crippen LogP contribution in [0.1, 0.15) is 11.9 Å². The van der Waals surface area contributed by atoms with Crippen molar-refractivity contribution in [2.75, 3.05) is 11.9 Å². The van der Waals surface area contributed by atoms with Crippen LogP contribution in [0.15, 0.2) is 12.4 Å². The number of fused-ring (bicyclic) bond motifs is 1. The average Bonchev–Trinajstić information content (AvgIpc) is 3.08. The smallest absolute Gasteiger partial charge is 0.394 e. The van der Waals surface area contributed by atoms with Gasteiger partial charge in [-0.05, 0) is 13.0 Å². The first-order valence-electron chi connectivity index (χ1n) is 7.48. The quantitative estimate of drug-likeness (QED) is 0.586. The van der Waals surface area contributed by atoms with E-state index < -0.39 is 43.2 Å². The van der Waals surface area contributed by atoms with Crippen molar-refractivity contribution in [1.82, 2.24) is 14.5 Å². The fourth-order valence-corrected chi connectivity index (χ4v) is 2.66. The van der Waals surface area contributed by atoms with E-state index in [0.717, 1.165) is 0 Å². The number of aliphatic hydroxyl groups excluding tert-OH is 3. The summed E-state index contributed by atoms with van der Waals surface area (Å²) in [6.45, 7) is 0.876. The first kappa shape index (κ1) is 18.5. The Hall–Kier alpha value is -2.28. The first-order chi connectivity index (χ1) is 12.1. The predicted molar refractivity (Wildman–Crippen MR) is 80.0 cm³/mol. The Labute approximate surface area is 144 Å². The maximum atomic E-state index is 12.4. The molecule has 26 heavy (non-hydrogen) atoms. The SMILES string of the molecule is Cc1nc2c(cc1NC(=O)C(F)(F)F)ncn2[C@@H]1O[C@H](CO)[C@@H](O)[C@H]1O. The van der Waals surface area contributed by atoms with Gasteiger partial charge in [0.1, 0.15) is 23.8 Å². The highest BCUT2D eigenvalue weighted by Crippen LogP contribution is 2.32. The van der Waals surface area contributed by atoms with Crippen molar-refractivity contribution in [2.24, 2.45) is 0 Å².